The van der Waals surface area contributed by atoms with Crippen LogP contribution in [0.25, 0.3) is 0 Å². The van der Waals surface area contributed by atoms with Crippen LogP contribution in [-0.2, 0) is 6.54 Å². The monoisotopic (exact) mass is 276 g/mol. The largest absolute Gasteiger partial charge is 0.494 e. The van der Waals surface area contributed by atoms with Crippen molar-refractivity contribution in [3.05, 3.63) is 29.8 Å². The van der Waals surface area contributed by atoms with Crippen LogP contribution in [0.5, 0.6) is 5.75 Å². The van der Waals surface area contributed by atoms with Crippen molar-refractivity contribution in [1.29, 1.82) is 0 Å². The van der Waals surface area contributed by atoms with Crippen LogP contribution >= 0.6 is 0 Å². The molecule has 0 amide bonds. The molecule has 1 aromatic rings. The summed E-state index contributed by atoms with van der Waals surface area (Å²) in [6, 6.07) is 8.80. The number of benzene rings is 1. The first kappa shape index (κ1) is 15.3. The number of ether oxygens (including phenoxy) is 1. The first-order valence-corrected chi connectivity index (χ1v) is 7.85. The first-order valence-electron chi connectivity index (χ1n) is 7.85. The molecule has 1 aliphatic heterocycles. The third-order valence-electron chi connectivity index (χ3n) is 4.29. The standard InChI is InChI=1S/C17H28N2O/c1-14-8-10-19(15(2)12-14)9-3-11-20-17-6-4-16(13-18)5-7-17/h4-7,14-15H,3,8-13,18H2,1-2H3. The van der Waals surface area contributed by atoms with Crippen LogP contribution in [0.15, 0.2) is 24.3 Å². The summed E-state index contributed by atoms with van der Waals surface area (Å²) < 4.78 is 5.79. The molecule has 3 heteroatoms. The van der Waals surface area contributed by atoms with Crippen LogP contribution < -0.4 is 10.5 Å². The van der Waals surface area contributed by atoms with Gasteiger partial charge in [-0.15, -0.1) is 0 Å². The van der Waals surface area contributed by atoms with E-state index in [4.69, 9.17) is 10.5 Å². The van der Waals surface area contributed by atoms with Gasteiger partial charge in [0.2, 0.25) is 0 Å². The Hall–Kier alpha value is -1.06. The van der Waals surface area contributed by atoms with E-state index in [2.05, 4.69) is 18.7 Å². The summed E-state index contributed by atoms with van der Waals surface area (Å²) in [5.41, 5.74) is 6.73. The summed E-state index contributed by atoms with van der Waals surface area (Å²) in [7, 11) is 0. The molecule has 1 heterocycles. The Morgan fingerprint density at radius 1 is 1.25 bits per heavy atom. The Bertz CT molecular complexity index is 390. The molecule has 112 valence electrons. The Morgan fingerprint density at radius 2 is 2.00 bits per heavy atom. The van der Waals surface area contributed by atoms with E-state index in [0.29, 0.717) is 6.54 Å². The van der Waals surface area contributed by atoms with Crippen molar-refractivity contribution < 1.29 is 4.74 Å². The zero-order valence-corrected chi connectivity index (χ0v) is 12.8. The summed E-state index contributed by atoms with van der Waals surface area (Å²) in [5, 5.41) is 0. The Labute approximate surface area is 123 Å². The molecule has 1 aliphatic rings. The van der Waals surface area contributed by atoms with E-state index >= 15 is 0 Å². The van der Waals surface area contributed by atoms with Gasteiger partial charge in [0.1, 0.15) is 5.75 Å². The second-order valence-corrected chi connectivity index (χ2v) is 6.06. The van der Waals surface area contributed by atoms with Crippen LogP contribution in [0, 0.1) is 5.92 Å². The maximum absolute atomic E-state index is 5.79. The van der Waals surface area contributed by atoms with Gasteiger partial charge in [-0.3, -0.25) is 0 Å². The van der Waals surface area contributed by atoms with Gasteiger partial charge >= 0.3 is 0 Å². The fourth-order valence-corrected chi connectivity index (χ4v) is 2.97. The molecule has 2 N–H and O–H groups in total. The highest BCUT2D eigenvalue weighted by Gasteiger charge is 2.21. The highest BCUT2D eigenvalue weighted by molar-refractivity contribution is 5.26. The average Bonchev–Trinajstić information content (AvgIpc) is 2.46. The first-order chi connectivity index (χ1) is 9.69. The van der Waals surface area contributed by atoms with Crippen molar-refractivity contribution in [2.24, 2.45) is 11.7 Å². The number of rotatable bonds is 6. The lowest BCUT2D eigenvalue weighted by atomic mass is 9.93. The molecule has 0 aromatic heterocycles. The second-order valence-electron chi connectivity index (χ2n) is 6.06. The van der Waals surface area contributed by atoms with E-state index in [0.717, 1.165) is 42.8 Å². The normalized spacial score (nSPS) is 23.8. The number of nitrogens with two attached hydrogens (primary N) is 1. The molecule has 1 fully saturated rings. The summed E-state index contributed by atoms with van der Waals surface area (Å²) in [5.74, 6) is 1.83. The van der Waals surface area contributed by atoms with E-state index < -0.39 is 0 Å². The number of hydrogen-bond acceptors (Lipinski definition) is 3. The molecular formula is C17H28N2O. The topological polar surface area (TPSA) is 38.5 Å². The van der Waals surface area contributed by atoms with Gasteiger partial charge in [-0.1, -0.05) is 19.1 Å². The van der Waals surface area contributed by atoms with Crippen molar-refractivity contribution in [3.63, 3.8) is 0 Å². The van der Waals surface area contributed by atoms with Crippen molar-refractivity contribution >= 4 is 0 Å². The number of nitrogens with zero attached hydrogens (tertiary/aromatic N) is 1. The Kier molecular flexibility index (Phi) is 5.86. The quantitative estimate of drug-likeness (QED) is 0.812. The van der Waals surface area contributed by atoms with Crippen LogP contribution in [0.4, 0.5) is 0 Å². The summed E-state index contributed by atoms with van der Waals surface area (Å²) in [4.78, 5) is 2.60. The number of hydrogen-bond donors (Lipinski definition) is 1. The van der Waals surface area contributed by atoms with Crippen molar-refractivity contribution in [3.8, 4) is 5.75 Å². The molecule has 20 heavy (non-hydrogen) atoms. The fraction of sp³-hybridized carbons (Fsp3) is 0.647. The SMILES string of the molecule is CC1CCN(CCCOc2ccc(CN)cc2)C(C)C1. The van der Waals surface area contributed by atoms with E-state index in [1.54, 1.807) is 0 Å². The molecule has 2 atom stereocenters. The summed E-state index contributed by atoms with van der Waals surface area (Å²) in [6.07, 6.45) is 3.77. The minimum absolute atomic E-state index is 0.589. The zero-order valence-electron chi connectivity index (χ0n) is 12.8. The fourth-order valence-electron chi connectivity index (χ4n) is 2.97. The number of piperidine rings is 1. The van der Waals surface area contributed by atoms with Gasteiger partial charge in [0, 0.05) is 19.1 Å². The lowest BCUT2D eigenvalue weighted by molar-refractivity contribution is 0.121. The molecular weight excluding hydrogens is 248 g/mol. The molecule has 1 aromatic carbocycles. The van der Waals surface area contributed by atoms with Gasteiger partial charge in [0.25, 0.3) is 0 Å². The maximum atomic E-state index is 5.79. The molecule has 0 radical (unpaired) electrons. The molecule has 0 spiro atoms. The Balaban J connectivity index is 1.65. The van der Waals surface area contributed by atoms with Crippen LogP contribution in [0.3, 0.4) is 0 Å². The number of likely N-dealkylation sites (tertiary alicyclic amines) is 1. The lowest BCUT2D eigenvalue weighted by Gasteiger charge is -2.36. The summed E-state index contributed by atoms with van der Waals surface area (Å²) in [6.45, 7) is 8.48. The predicted molar refractivity (Wildman–Crippen MR) is 83.9 cm³/mol. The molecule has 1 saturated heterocycles. The highest BCUT2D eigenvalue weighted by Crippen LogP contribution is 2.22. The molecule has 0 saturated carbocycles. The van der Waals surface area contributed by atoms with Gasteiger partial charge in [0.15, 0.2) is 0 Å². The third kappa shape index (κ3) is 4.50. The molecule has 0 bridgehead atoms. The second kappa shape index (κ2) is 7.65. The van der Waals surface area contributed by atoms with E-state index in [-0.39, 0.29) is 0 Å². The molecule has 2 rings (SSSR count). The van der Waals surface area contributed by atoms with Crippen molar-refractivity contribution in [2.45, 2.75) is 45.7 Å². The van der Waals surface area contributed by atoms with Crippen LogP contribution in [0.2, 0.25) is 0 Å². The predicted octanol–water partition coefficient (Wildman–Crippen LogP) is 3.03. The van der Waals surface area contributed by atoms with Gasteiger partial charge in [0.05, 0.1) is 6.61 Å². The molecule has 3 nitrogen and oxygen atoms in total. The average molecular weight is 276 g/mol. The lowest BCUT2D eigenvalue weighted by Crippen LogP contribution is -2.41. The summed E-state index contributed by atoms with van der Waals surface area (Å²) >= 11 is 0. The van der Waals surface area contributed by atoms with Gasteiger partial charge in [-0.2, -0.15) is 0 Å². The van der Waals surface area contributed by atoms with Crippen LogP contribution in [0.1, 0.15) is 38.7 Å². The van der Waals surface area contributed by atoms with Crippen molar-refractivity contribution in [2.75, 3.05) is 19.7 Å². The highest BCUT2D eigenvalue weighted by atomic mass is 16.5. The molecule has 2 unspecified atom stereocenters. The minimum Gasteiger partial charge on any atom is -0.494 e. The van der Waals surface area contributed by atoms with Crippen LogP contribution in [-0.4, -0.2) is 30.6 Å². The van der Waals surface area contributed by atoms with E-state index in [9.17, 15) is 0 Å². The van der Waals surface area contributed by atoms with E-state index in [1.165, 1.54) is 19.4 Å². The maximum Gasteiger partial charge on any atom is 0.119 e. The minimum atomic E-state index is 0.589. The van der Waals surface area contributed by atoms with Gasteiger partial charge in [-0.05, 0) is 56.3 Å². The molecule has 0 aliphatic carbocycles. The van der Waals surface area contributed by atoms with E-state index in [1.807, 2.05) is 24.3 Å². The smallest absolute Gasteiger partial charge is 0.119 e. The van der Waals surface area contributed by atoms with Crippen molar-refractivity contribution in [1.82, 2.24) is 4.90 Å². The third-order valence-corrected chi connectivity index (χ3v) is 4.29. The van der Waals surface area contributed by atoms with Gasteiger partial charge in [-0.25, -0.2) is 0 Å². The Morgan fingerprint density at radius 3 is 2.65 bits per heavy atom. The zero-order chi connectivity index (χ0) is 14.4. The van der Waals surface area contributed by atoms with Gasteiger partial charge < -0.3 is 15.4 Å².